The van der Waals surface area contributed by atoms with Crippen molar-refractivity contribution in [2.45, 2.75) is 12.8 Å². The molecule has 1 aliphatic heterocycles. The Hall–Kier alpha value is -1.71. The van der Waals surface area contributed by atoms with Gasteiger partial charge < -0.3 is 4.74 Å². The van der Waals surface area contributed by atoms with Crippen LogP contribution in [-0.2, 0) is 11.2 Å². The summed E-state index contributed by atoms with van der Waals surface area (Å²) < 4.78 is 5.37. The zero-order chi connectivity index (χ0) is 14.3. The number of rotatable bonds is 5. The van der Waals surface area contributed by atoms with Gasteiger partial charge in [-0.2, -0.15) is 0 Å². The van der Waals surface area contributed by atoms with E-state index in [9.17, 15) is 0 Å². The summed E-state index contributed by atoms with van der Waals surface area (Å²) >= 11 is 0. The fraction of sp³-hybridized carbons (Fsp3) is 0.389. The van der Waals surface area contributed by atoms with Crippen LogP contribution in [0.3, 0.4) is 0 Å². The van der Waals surface area contributed by atoms with E-state index >= 15 is 0 Å². The molecule has 1 fully saturated rings. The van der Waals surface area contributed by atoms with Crippen LogP contribution in [0.15, 0.2) is 48.8 Å². The molecule has 0 N–H and O–H groups in total. The number of hydrogen-bond acceptors (Lipinski definition) is 3. The lowest BCUT2D eigenvalue weighted by Crippen LogP contribution is -2.36. The number of pyridine rings is 1. The predicted octanol–water partition coefficient (Wildman–Crippen LogP) is 3.01. The van der Waals surface area contributed by atoms with E-state index in [4.69, 9.17) is 4.74 Å². The molecule has 0 bridgehead atoms. The van der Waals surface area contributed by atoms with Gasteiger partial charge in [-0.3, -0.25) is 9.88 Å². The molecule has 3 rings (SSSR count). The minimum absolute atomic E-state index is 0.889. The van der Waals surface area contributed by atoms with Crippen LogP contribution in [0, 0.1) is 0 Å². The van der Waals surface area contributed by atoms with Gasteiger partial charge in [-0.1, -0.05) is 30.3 Å². The topological polar surface area (TPSA) is 25.4 Å². The van der Waals surface area contributed by atoms with Gasteiger partial charge in [0.25, 0.3) is 0 Å². The number of benzene rings is 1. The zero-order valence-electron chi connectivity index (χ0n) is 12.4. The third-order valence-electron chi connectivity index (χ3n) is 3.99. The van der Waals surface area contributed by atoms with Crippen LogP contribution in [0.1, 0.15) is 12.0 Å². The van der Waals surface area contributed by atoms with E-state index in [1.807, 2.05) is 18.5 Å². The molecular weight excluding hydrogens is 260 g/mol. The van der Waals surface area contributed by atoms with Crippen LogP contribution in [0.5, 0.6) is 0 Å². The summed E-state index contributed by atoms with van der Waals surface area (Å²) in [5.41, 5.74) is 3.83. The first-order valence-corrected chi connectivity index (χ1v) is 7.71. The molecule has 0 aliphatic carbocycles. The predicted molar refractivity (Wildman–Crippen MR) is 85.3 cm³/mol. The van der Waals surface area contributed by atoms with Crippen molar-refractivity contribution >= 4 is 0 Å². The van der Waals surface area contributed by atoms with Gasteiger partial charge in [-0.25, -0.2) is 0 Å². The maximum Gasteiger partial charge on any atom is 0.0594 e. The summed E-state index contributed by atoms with van der Waals surface area (Å²) in [4.78, 5) is 6.66. The highest BCUT2D eigenvalue weighted by Gasteiger charge is 2.09. The zero-order valence-corrected chi connectivity index (χ0v) is 12.4. The molecule has 2 aromatic rings. The van der Waals surface area contributed by atoms with E-state index in [2.05, 4.69) is 40.2 Å². The second kappa shape index (κ2) is 7.34. The summed E-state index contributed by atoms with van der Waals surface area (Å²) in [6.45, 7) is 5.12. The second-order valence-corrected chi connectivity index (χ2v) is 5.50. The van der Waals surface area contributed by atoms with Gasteiger partial charge in [0.15, 0.2) is 0 Å². The van der Waals surface area contributed by atoms with Crippen molar-refractivity contribution in [3.8, 4) is 11.1 Å². The van der Waals surface area contributed by atoms with E-state index in [0.29, 0.717) is 0 Å². The Morgan fingerprint density at radius 3 is 2.52 bits per heavy atom. The Balaban J connectivity index is 1.50. The fourth-order valence-electron chi connectivity index (χ4n) is 2.73. The molecule has 21 heavy (non-hydrogen) atoms. The summed E-state index contributed by atoms with van der Waals surface area (Å²) in [7, 11) is 0. The minimum atomic E-state index is 0.889. The van der Waals surface area contributed by atoms with Crippen molar-refractivity contribution in [2.75, 3.05) is 32.8 Å². The summed E-state index contributed by atoms with van der Waals surface area (Å²) in [6.07, 6.45) is 6.08. The Bertz CT molecular complexity index is 533. The summed E-state index contributed by atoms with van der Waals surface area (Å²) in [5.74, 6) is 0. The number of aryl methyl sites for hydroxylation is 1. The Morgan fingerprint density at radius 1 is 1.00 bits per heavy atom. The lowest BCUT2D eigenvalue weighted by molar-refractivity contribution is 0.0375. The van der Waals surface area contributed by atoms with Crippen LogP contribution >= 0.6 is 0 Å². The molecule has 0 amide bonds. The van der Waals surface area contributed by atoms with Gasteiger partial charge in [0.05, 0.1) is 13.2 Å². The van der Waals surface area contributed by atoms with E-state index in [-0.39, 0.29) is 0 Å². The molecule has 110 valence electrons. The van der Waals surface area contributed by atoms with Crippen molar-refractivity contribution in [1.29, 1.82) is 0 Å². The quantitative estimate of drug-likeness (QED) is 0.843. The number of nitrogens with zero attached hydrogens (tertiary/aromatic N) is 2. The third kappa shape index (κ3) is 4.13. The maximum atomic E-state index is 5.37. The largest absolute Gasteiger partial charge is 0.379 e. The SMILES string of the molecule is c1cncc(-c2ccc(CCCN3CCOCC3)cc2)c1. The highest BCUT2D eigenvalue weighted by atomic mass is 16.5. The van der Waals surface area contributed by atoms with E-state index < -0.39 is 0 Å². The number of aromatic nitrogens is 1. The molecule has 0 atom stereocenters. The van der Waals surface area contributed by atoms with Crippen molar-refractivity contribution in [3.63, 3.8) is 0 Å². The molecule has 3 nitrogen and oxygen atoms in total. The van der Waals surface area contributed by atoms with Crippen molar-refractivity contribution < 1.29 is 4.74 Å². The lowest BCUT2D eigenvalue weighted by Gasteiger charge is -2.26. The molecule has 1 saturated heterocycles. The van der Waals surface area contributed by atoms with Crippen LogP contribution in [-0.4, -0.2) is 42.7 Å². The van der Waals surface area contributed by atoms with Crippen molar-refractivity contribution in [2.24, 2.45) is 0 Å². The van der Waals surface area contributed by atoms with Crippen LogP contribution in [0.2, 0.25) is 0 Å². The van der Waals surface area contributed by atoms with E-state index in [0.717, 1.165) is 32.7 Å². The van der Waals surface area contributed by atoms with Crippen molar-refractivity contribution in [3.05, 3.63) is 54.4 Å². The molecule has 1 aromatic carbocycles. The molecule has 0 radical (unpaired) electrons. The first kappa shape index (κ1) is 14.2. The van der Waals surface area contributed by atoms with E-state index in [1.54, 1.807) is 0 Å². The smallest absolute Gasteiger partial charge is 0.0594 e. The lowest BCUT2D eigenvalue weighted by atomic mass is 10.0. The monoisotopic (exact) mass is 282 g/mol. The standard InChI is InChI=1S/C18H22N2O/c1-4-18(15-19-9-1)17-7-5-16(6-8-17)3-2-10-20-11-13-21-14-12-20/h1,4-9,15H,2-3,10-14H2. The van der Waals surface area contributed by atoms with Gasteiger partial charge in [-0.05, 0) is 42.1 Å². The molecule has 0 spiro atoms. The molecule has 0 unspecified atom stereocenters. The van der Waals surface area contributed by atoms with Gasteiger partial charge in [0.1, 0.15) is 0 Å². The molecule has 2 heterocycles. The number of ether oxygens (including phenoxy) is 1. The van der Waals surface area contributed by atoms with Gasteiger partial charge in [0.2, 0.25) is 0 Å². The average molecular weight is 282 g/mol. The van der Waals surface area contributed by atoms with Crippen LogP contribution in [0.4, 0.5) is 0 Å². The molecule has 3 heteroatoms. The Kier molecular flexibility index (Phi) is 4.98. The Morgan fingerprint density at radius 2 is 1.81 bits per heavy atom. The number of hydrogen-bond donors (Lipinski definition) is 0. The van der Waals surface area contributed by atoms with Crippen LogP contribution in [0.25, 0.3) is 11.1 Å². The maximum absolute atomic E-state index is 5.37. The van der Waals surface area contributed by atoms with Crippen molar-refractivity contribution in [1.82, 2.24) is 9.88 Å². The second-order valence-electron chi connectivity index (χ2n) is 5.50. The van der Waals surface area contributed by atoms with E-state index in [1.165, 1.54) is 29.7 Å². The highest BCUT2D eigenvalue weighted by molar-refractivity contribution is 5.62. The minimum Gasteiger partial charge on any atom is -0.379 e. The molecule has 1 aliphatic rings. The number of morpholine rings is 1. The average Bonchev–Trinajstić information content (AvgIpc) is 2.57. The van der Waals surface area contributed by atoms with Gasteiger partial charge >= 0.3 is 0 Å². The Labute approximate surface area is 126 Å². The normalized spacial score (nSPS) is 16.0. The molecule has 0 saturated carbocycles. The van der Waals surface area contributed by atoms with Gasteiger partial charge in [0, 0.05) is 25.5 Å². The van der Waals surface area contributed by atoms with Crippen LogP contribution < -0.4 is 0 Å². The molecule has 1 aromatic heterocycles. The third-order valence-corrected chi connectivity index (χ3v) is 3.99. The summed E-state index contributed by atoms with van der Waals surface area (Å²) in [5, 5.41) is 0. The summed E-state index contributed by atoms with van der Waals surface area (Å²) in [6, 6.07) is 12.9. The van der Waals surface area contributed by atoms with Gasteiger partial charge in [-0.15, -0.1) is 0 Å². The fourth-order valence-corrected chi connectivity index (χ4v) is 2.73. The highest BCUT2D eigenvalue weighted by Crippen LogP contribution is 2.18. The molecular formula is C18H22N2O. The first-order chi connectivity index (χ1) is 10.4. The first-order valence-electron chi connectivity index (χ1n) is 7.71.